The molecule has 0 unspecified atom stereocenters. The summed E-state index contributed by atoms with van der Waals surface area (Å²) >= 11 is 0. The largest absolute Gasteiger partial charge is 0.497 e. The molecule has 23 heavy (non-hydrogen) atoms. The number of aromatic nitrogens is 1. The molecule has 1 amide bonds. The van der Waals surface area contributed by atoms with Crippen LogP contribution in [0.2, 0.25) is 0 Å². The van der Waals surface area contributed by atoms with E-state index in [-0.39, 0.29) is 11.7 Å². The number of carbonyl (C=O) groups excluding carboxylic acids is 2. The van der Waals surface area contributed by atoms with Crippen LogP contribution in [0.25, 0.3) is 0 Å². The third-order valence-corrected chi connectivity index (χ3v) is 3.67. The maximum absolute atomic E-state index is 12.6. The van der Waals surface area contributed by atoms with E-state index in [1.165, 1.54) is 14.0 Å². The molecule has 6 heteroatoms. The van der Waals surface area contributed by atoms with Crippen LogP contribution in [0.3, 0.4) is 0 Å². The molecule has 1 aromatic heterocycles. The minimum Gasteiger partial charge on any atom is -0.497 e. The Morgan fingerprint density at radius 2 is 1.83 bits per heavy atom. The molecule has 1 heterocycles. The highest BCUT2D eigenvalue weighted by Gasteiger charge is 2.21. The van der Waals surface area contributed by atoms with Crippen LogP contribution in [-0.2, 0) is 0 Å². The Hall–Kier alpha value is -2.76. The Morgan fingerprint density at radius 3 is 2.35 bits per heavy atom. The fourth-order valence-electron chi connectivity index (χ4n) is 2.54. The lowest BCUT2D eigenvalue weighted by molar-refractivity contribution is 0.101. The highest BCUT2D eigenvalue weighted by atomic mass is 16.5. The zero-order chi connectivity index (χ0) is 17.1. The summed E-state index contributed by atoms with van der Waals surface area (Å²) in [6.07, 6.45) is 0. The summed E-state index contributed by atoms with van der Waals surface area (Å²) in [7, 11) is 3.07. The van der Waals surface area contributed by atoms with Gasteiger partial charge in [0.2, 0.25) is 0 Å². The van der Waals surface area contributed by atoms with Gasteiger partial charge in [-0.25, -0.2) is 0 Å². The molecule has 0 spiro atoms. The van der Waals surface area contributed by atoms with Gasteiger partial charge in [-0.2, -0.15) is 0 Å². The van der Waals surface area contributed by atoms with Crippen LogP contribution in [0.5, 0.6) is 11.5 Å². The number of nitrogens with one attached hydrogen (secondary N) is 2. The van der Waals surface area contributed by atoms with Crippen molar-refractivity contribution in [1.82, 2.24) is 4.98 Å². The maximum atomic E-state index is 12.6. The fourth-order valence-corrected chi connectivity index (χ4v) is 2.54. The number of aryl methyl sites for hydroxylation is 1. The first kappa shape index (κ1) is 16.6. The summed E-state index contributed by atoms with van der Waals surface area (Å²) in [4.78, 5) is 27.2. The highest BCUT2D eigenvalue weighted by molar-refractivity contribution is 6.09. The number of amides is 1. The number of rotatable bonds is 5. The SMILES string of the molecule is COc1ccc(OC)c(NC(=O)c2c(C)[nH]c(C(C)=O)c2C)c1. The van der Waals surface area contributed by atoms with E-state index in [2.05, 4.69) is 10.3 Å². The summed E-state index contributed by atoms with van der Waals surface area (Å²) in [5, 5.41) is 2.81. The molecule has 2 aromatic rings. The number of aromatic amines is 1. The van der Waals surface area contributed by atoms with Crippen LogP contribution in [0.4, 0.5) is 5.69 Å². The van der Waals surface area contributed by atoms with Crippen molar-refractivity contribution >= 4 is 17.4 Å². The van der Waals surface area contributed by atoms with Crippen molar-refractivity contribution in [2.24, 2.45) is 0 Å². The molecule has 1 aromatic carbocycles. The number of H-pyrrole nitrogens is 1. The quantitative estimate of drug-likeness (QED) is 0.831. The Labute approximate surface area is 134 Å². The zero-order valence-electron chi connectivity index (χ0n) is 13.9. The van der Waals surface area contributed by atoms with Gasteiger partial charge in [-0.3, -0.25) is 9.59 Å². The third kappa shape index (κ3) is 3.21. The smallest absolute Gasteiger partial charge is 0.257 e. The van der Waals surface area contributed by atoms with Gasteiger partial charge in [0, 0.05) is 18.7 Å². The van der Waals surface area contributed by atoms with E-state index in [0.717, 1.165) is 0 Å². The number of ketones is 1. The van der Waals surface area contributed by atoms with Gasteiger partial charge in [-0.05, 0) is 31.5 Å². The second-order valence-electron chi connectivity index (χ2n) is 5.20. The summed E-state index contributed by atoms with van der Waals surface area (Å²) < 4.78 is 10.4. The van der Waals surface area contributed by atoms with Crippen molar-refractivity contribution in [3.63, 3.8) is 0 Å². The van der Waals surface area contributed by atoms with E-state index in [4.69, 9.17) is 9.47 Å². The summed E-state index contributed by atoms with van der Waals surface area (Å²) in [6, 6.07) is 5.14. The van der Waals surface area contributed by atoms with Gasteiger partial charge >= 0.3 is 0 Å². The van der Waals surface area contributed by atoms with Crippen LogP contribution >= 0.6 is 0 Å². The van der Waals surface area contributed by atoms with Crippen LogP contribution < -0.4 is 14.8 Å². The number of hydrogen-bond donors (Lipinski definition) is 2. The Kier molecular flexibility index (Phi) is 4.74. The van der Waals surface area contributed by atoms with Gasteiger partial charge in [-0.15, -0.1) is 0 Å². The second-order valence-corrected chi connectivity index (χ2v) is 5.20. The molecule has 6 nitrogen and oxygen atoms in total. The Balaban J connectivity index is 2.38. The summed E-state index contributed by atoms with van der Waals surface area (Å²) in [5.74, 6) is 0.712. The number of Topliss-reactive ketones (excluding diaryl/α,β-unsaturated/α-hetero) is 1. The van der Waals surface area contributed by atoms with Crippen molar-refractivity contribution in [2.75, 3.05) is 19.5 Å². The van der Waals surface area contributed by atoms with Crippen molar-refractivity contribution in [2.45, 2.75) is 20.8 Å². The van der Waals surface area contributed by atoms with Crippen molar-refractivity contribution in [3.05, 3.63) is 40.7 Å². The molecule has 0 bridgehead atoms. The van der Waals surface area contributed by atoms with Gasteiger partial charge in [0.25, 0.3) is 5.91 Å². The second kappa shape index (κ2) is 6.56. The number of methoxy groups -OCH3 is 2. The normalized spacial score (nSPS) is 10.3. The van der Waals surface area contributed by atoms with Gasteiger partial charge in [0.15, 0.2) is 5.78 Å². The first-order valence-electron chi connectivity index (χ1n) is 7.12. The first-order chi connectivity index (χ1) is 10.9. The van der Waals surface area contributed by atoms with Gasteiger partial charge < -0.3 is 19.8 Å². The molecular weight excluding hydrogens is 296 g/mol. The van der Waals surface area contributed by atoms with Crippen molar-refractivity contribution in [1.29, 1.82) is 0 Å². The molecule has 0 saturated carbocycles. The minimum absolute atomic E-state index is 0.108. The number of anilines is 1. The minimum atomic E-state index is -0.310. The lowest BCUT2D eigenvalue weighted by Gasteiger charge is -2.12. The average molecular weight is 316 g/mol. The maximum Gasteiger partial charge on any atom is 0.257 e. The molecule has 0 fully saturated rings. The number of benzene rings is 1. The molecule has 0 aliphatic rings. The lowest BCUT2D eigenvalue weighted by Crippen LogP contribution is -2.14. The molecule has 2 rings (SSSR count). The zero-order valence-corrected chi connectivity index (χ0v) is 13.9. The van der Waals surface area contributed by atoms with Gasteiger partial charge in [0.05, 0.1) is 31.2 Å². The van der Waals surface area contributed by atoms with Crippen LogP contribution in [-0.4, -0.2) is 30.9 Å². The monoisotopic (exact) mass is 316 g/mol. The van der Waals surface area contributed by atoms with Gasteiger partial charge in [-0.1, -0.05) is 0 Å². The van der Waals surface area contributed by atoms with Crippen LogP contribution in [0.15, 0.2) is 18.2 Å². The van der Waals surface area contributed by atoms with E-state index in [1.807, 2.05) is 0 Å². The molecule has 0 radical (unpaired) electrons. The number of carbonyl (C=O) groups is 2. The standard InChI is InChI=1S/C17H20N2O4/c1-9-15(10(2)18-16(9)11(3)20)17(21)19-13-8-12(22-4)6-7-14(13)23-5/h6-8,18H,1-5H3,(H,19,21). The molecule has 122 valence electrons. The van der Waals surface area contributed by atoms with E-state index in [1.54, 1.807) is 39.2 Å². The van der Waals surface area contributed by atoms with Crippen LogP contribution in [0.1, 0.15) is 39.0 Å². The van der Waals surface area contributed by atoms with Crippen molar-refractivity contribution < 1.29 is 19.1 Å². The van der Waals surface area contributed by atoms with Crippen LogP contribution in [0, 0.1) is 13.8 Å². The molecule has 0 aliphatic carbocycles. The first-order valence-corrected chi connectivity index (χ1v) is 7.12. The molecule has 0 atom stereocenters. The van der Waals surface area contributed by atoms with E-state index < -0.39 is 0 Å². The molecule has 2 N–H and O–H groups in total. The van der Waals surface area contributed by atoms with Crippen molar-refractivity contribution in [3.8, 4) is 11.5 Å². The topological polar surface area (TPSA) is 80.4 Å². The van der Waals surface area contributed by atoms with E-state index in [9.17, 15) is 9.59 Å². The third-order valence-electron chi connectivity index (χ3n) is 3.67. The highest BCUT2D eigenvalue weighted by Crippen LogP contribution is 2.30. The Bertz CT molecular complexity index is 762. The lowest BCUT2D eigenvalue weighted by atomic mass is 10.1. The molecule has 0 aliphatic heterocycles. The Morgan fingerprint density at radius 1 is 1.13 bits per heavy atom. The van der Waals surface area contributed by atoms with E-state index >= 15 is 0 Å². The fraction of sp³-hybridized carbons (Fsp3) is 0.294. The predicted molar refractivity (Wildman–Crippen MR) is 87.8 cm³/mol. The average Bonchev–Trinajstić information content (AvgIpc) is 2.82. The predicted octanol–water partition coefficient (Wildman–Crippen LogP) is 3.10. The van der Waals surface area contributed by atoms with Gasteiger partial charge in [0.1, 0.15) is 11.5 Å². The molecular formula is C17H20N2O4. The molecule has 0 saturated heterocycles. The summed E-state index contributed by atoms with van der Waals surface area (Å²) in [6.45, 7) is 4.97. The number of ether oxygens (including phenoxy) is 2. The van der Waals surface area contributed by atoms with E-state index in [0.29, 0.717) is 39.7 Å². The summed E-state index contributed by atoms with van der Waals surface area (Å²) in [5.41, 5.74) is 2.69. The number of hydrogen-bond acceptors (Lipinski definition) is 4.